The molecule has 2 fully saturated rings. The van der Waals surface area contributed by atoms with E-state index in [0.29, 0.717) is 19.6 Å². The SMILES string of the molecule is Cc1ccc(C2C(=O)NCC23CCN(C(=O)OC(C)(C)C)CC3)cc1. The van der Waals surface area contributed by atoms with Crippen LogP contribution in [-0.4, -0.2) is 42.1 Å². The first kappa shape index (κ1) is 17.8. The van der Waals surface area contributed by atoms with Gasteiger partial charge in [0.1, 0.15) is 5.60 Å². The van der Waals surface area contributed by atoms with Crippen LogP contribution in [0.2, 0.25) is 0 Å². The molecule has 1 spiro atoms. The van der Waals surface area contributed by atoms with E-state index in [-0.39, 0.29) is 23.3 Å². The third kappa shape index (κ3) is 3.65. The molecule has 1 atom stereocenters. The molecule has 2 heterocycles. The lowest BCUT2D eigenvalue weighted by Gasteiger charge is -2.41. The van der Waals surface area contributed by atoms with Crippen LogP contribution in [0.3, 0.4) is 0 Å². The first-order chi connectivity index (χ1) is 11.7. The van der Waals surface area contributed by atoms with Gasteiger partial charge in [0.2, 0.25) is 5.91 Å². The molecule has 1 aromatic rings. The van der Waals surface area contributed by atoms with Crippen LogP contribution in [0.4, 0.5) is 4.79 Å². The van der Waals surface area contributed by atoms with Gasteiger partial charge in [-0.2, -0.15) is 0 Å². The summed E-state index contributed by atoms with van der Waals surface area (Å²) in [5, 5.41) is 3.05. The molecule has 25 heavy (non-hydrogen) atoms. The Morgan fingerprint density at radius 2 is 1.80 bits per heavy atom. The van der Waals surface area contributed by atoms with Gasteiger partial charge in [-0.15, -0.1) is 0 Å². The normalized spacial score (nSPS) is 22.8. The van der Waals surface area contributed by atoms with Crippen molar-refractivity contribution in [3.8, 4) is 0 Å². The molecule has 0 aliphatic carbocycles. The van der Waals surface area contributed by atoms with Gasteiger partial charge in [0.25, 0.3) is 0 Å². The van der Waals surface area contributed by atoms with Crippen molar-refractivity contribution < 1.29 is 14.3 Å². The molecule has 0 aromatic heterocycles. The number of carbonyl (C=O) groups is 2. The minimum atomic E-state index is -0.485. The Morgan fingerprint density at radius 3 is 2.36 bits per heavy atom. The van der Waals surface area contributed by atoms with E-state index >= 15 is 0 Å². The van der Waals surface area contributed by atoms with Gasteiger partial charge in [0.05, 0.1) is 5.92 Å². The quantitative estimate of drug-likeness (QED) is 0.851. The summed E-state index contributed by atoms with van der Waals surface area (Å²) >= 11 is 0. The number of ether oxygens (including phenoxy) is 1. The molecule has 0 bridgehead atoms. The molecule has 2 aliphatic heterocycles. The maximum Gasteiger partial charge on any atom is 0.410 e. The number of amides is 2. The predicted octanol–water partition coefficient (Wildman–Crippen LogP) is 3.23. The molecule has 0 radical (unpaired) electrons. The van der Waals surface area contributed by atoms with Crippen molar-refractivity contribution in [1.29, 1.82) is 0 Å². The molecular formula is C20H28N2O3. The fourth-order valence-electron chi connectivity index (χ4n) is 3.94. The lowest BCUT2D eigenvalue weighted by Crippen LogP contribution is -2.47. The summed E-state index contributed by atoms with van der Waals surface area (Å²) in [5.41, 5.74) is 1.68. The molecule has 2 amide bonds. The predicted molar refractivity (Wildman–Crippen MR) is 96.4 cm³/mol. The molecule has 0 saturated carbocycles. The van der Waals surface area contributed by atoms with Crippen LogP contribution < -0.4 is 5.32 Å². The van der Waals surface area contributed by atoms with E-state index < -0.39 is 5.60 Å². The molecule has 1 N–H and O–H groups in total. The third-order valence-corrected chi connectivity index (χ3v) is 5.31. The van der Waals surface area contributed by atoms with Crippen molar-refractivity contribution in [2.75, 3.05) is 19.6 Å². The molecular weight excluding hydrogens is 316 g/mol. The molecule has 1 unspecified atom stereocenters. The summed E-state index contributed by atoms with van der Waals surface area (Å²) in [6, 6.07) is 8.24. The molecule has 5 heteroatoms. The second-order valence-corrected chi connectivity index (χ2v) is 8.39. The van der Waals surface area contributed by atoms with E-state index in [1.54, 1.807) is 4.90 Å². The Morgan fingerprint density at radius 1 is 1.20 bits per heavy atom. The highest BCUT2D eigenvalue weighted by atomic mass is 16.6. The fraction of sp³-hybridized carbons (Fsp3) is 0.600. The Bertz CT molecular complexity index is 653. The highest BCUT2D eigenvalue weighted by molar-refractivity contribution is 5.87. The highest BCUT2D eigenvalue weighted by Gasteiger charge is 2.50. The van der Waals surface area contributed by atoms with Crippen molar-refractivity contribution in [2.45, 2.75) is 52.1 Å². The highest BCUT2D eigenvalue weighted by Crippen LogP contribution is 2.47. The molecule has 5 nitrogen and oxygen atoms in total. The zero-order valence-corrected chi connectivity index (χ0v) is 15.6. The number of rotatable bonds is 1. The van der Waals surface area contributed by atoms with Gasteiger partial charge in [-0.1, -0.05) is 29.8 Å². The van der Waals surface area contributed by atoms with Gasteiger partial charge in [0, 0.05) is 25.0 Å². The molecule has 3 rings (SSSR count). The van der Waals surface area contributed by atoms with Gasteiger partial charge >= 0.3 is 6.09 Å². The van der Waals surface area contributed by atoms with Crippen molar-refractivity contribution in [3.63, 3.8) is 0 Å². The van der Waals surface area contributed by atoms with Gasteiger partial charge in [-0.3, -0.25) is 4.79 Å². The largest absolute Gasteiger partial charge is 0.444 e. The fourth-order valence-corrected chi connectivity index (χ4v) is 3.94. The van der Waals surface area contributed by atoms with Crippen molar-refractivity contribution >= 4 is 12.0 Å². The standard InChI is InChI=1S/C20H28N2O3/c1-14-5-7-15(8-6-14)16-17(23)21-13-20(16)9-11-22(12-10-20)18(24)25-19(2,3)4/h5-8,16H,9-13H2,1-4H3,(H,21,23). The van der Waals surface area contributed by atoms with Gasteiger partial charge < -0.3 is 15.0 Å². The summed E-state index contributed by atoms with van der Waals surface area (Å²) in [4.78, 5) is 26.6. The lowest BCUT2D eigenvalue weighted by atomic mass is 9.68. The molecule has 2 saturated heterocycles. The first-order valence-electron chi connectivity index (χ1n) is 9.02. The van der Waals surface area contributed by atoms with Crippen LogP contribution in [0.1, 0.15) is 50.7 Å². The van der Waals surface area contributed by atoms with Gasteiger partial charge in [0.15, 0.2) is 0 Å². The van der Waals surface area contributed by atoms with Crippen LogP contribution in [0, 0.1) is 12.3 Å². The number of hydrogen-bond acceptors (Lipinski definition) is 3. The van der Waals surface area contributed by atoms with E-state index in [0.717, 1.165) is 18.4 Å². The van der Waals surface area contributed by atoms with E-state index in [1.165, 1.54) is 5.56 Å². The van der Waals surface area contributed by atoms with E-state index in [2.05, 4.69) is 29.6 Å². The average molecular weight is 344 g/mol. The average Bonchev–Trinajstić information content (AvgIpc) is 2.84. The lowest BCUT2D eigenvalue weighted by molar-refractivity contribution is -0.121. The second kappa shape index (κ2) is 6.36. The van der Waals surface area contributed by atoms with Crippen molar-refractivity contribution in [2.24, 2.45) is 5.41 Å². The monoisotopic (exact) mass is 344 g/mol. The van der Waals surface area contributed by atoms with E-state index in [4.69, 9.17) is 4.74 Å². The first-order valence-corrected chi connectivity index (χ1v) is 9.02. The maximum absolute atomic E-state index is 12.5. The van der Waals surface area contributed by atoms with Crippen molar-refractivity contribution in [1.82, 2.24) is 10.2 Å². The van der Waals surface area contributed by atoms with Crippen LogP contribution >= 0.6 is 0 Å². The summed E-state index contributed by atoms with van der Waals surface area (Å²) in [6.07, 6.45) is 1.36. The van der Waals surface area contributed by atoms with Crippen LogP contribution in [0.5, 0.6) is 0 Å². The number of nitrogens with zero attached hydrogens (tertiary/aromatic N) is 1. The Labute approximate surface area is 149 Å². The Balaban J connectivity index is 1.73. The minimum Gasteiger partial charge on any atom is -0.444 e. The number of hydrogen-bond donors (Lipinski definition) is 1. The van der Waals surface area contributed by atoms with Gasteiger partial charge in [-0.25, -0.2) is 4.79 Å². The van der Waals surface area contributed by atoms with Gasteiger partial charge in [-0.05, 0) is 46.1 Å². The molecule has 136 valence electrons. The topological polar surface area (TPSA) is 58.6 Å². The number of piperidine rings is 1. The summed E-state index contributed by atoms with van der Waals surface area (Å²) in [6.45, 7) is 9.63. The number of benzene rings is 1. The number of carbonyl (C=O) groups excluding carboxylic acids is 2. The Kier molecular flexibility index (Phi) is 4.52. The van der Waals surface area contributed by atoms with E-state index in [9.17, 15) is 9.59 Å². The summed E-state index contributed by atoms with van der Waals surface area (Å²) in [5.74, 6) is -0.0246. The zero-order chi connectivity index (χ0) is 18.2. The maximum atomic E-state index is 12.5. The van der Waals surface area contributed by atoms with Crippen LogP contribution in [0.25, 0.3) is 0 Å². The number of likely N-dealkylation sites (tertiary alicyclic amines) is 1. The number of aryl methyl sites for hydroxylation is 1. The van der Waals surface area contributed by atoms with E-state index in [1.807, 2.05) is 27.7 Å². The number of nitrogens with one attached hydrogen (secondary N) is 1. The smallest absolute Gasteiger partial charge is 0.410 e. The van der Waals surface area contributed by atoms with Crippen LogP contribution in [0.15, 0.2) is 24.3 Å². The minimum absolute atomic E-state index is 0.106. The van der Waals surface area contributed by atoms with Crippen molar-refractivity contribution in [3.05, 3.63) is 35.4 Å². The zero-order valence-electron chi connectivity index (χ0n) is 15.6. The Hall–Kier alpha value is -2.04. The molecule has 1 aromatic carbocycles. The van der Waals surface area contributed by atoms with Crippen LogP contribution in [-0.2, 0) is 9.53 Å². The summed E-state index contributed by atoms with van der Waals surface area (Å²) in [7, 11) is 0. The second-order valence-electron chi connectivity index (χ2n) is 8.39. The summed E-state index contributed by atoms with van der Waals surface area (Å²) < 4.78 is 5.48. The molecule has 2 aliphatic rings. The third-order valence-electron chi connectivity index (χ3n) is 5.31.